The molecule has 0 spiro atoms. The zero-order valence-electron chi connectivity index (χ0n) is 13.9. The fourth-order valence-corrected chi connectivity index (χ4v) is 2.07. The van der Waals surface area contributed by atoms with Crippen molar-refractivity contribution in [2.45, 2.75) is 33.3 Å². The Hall–Kier alpha value is -2.69. The molecule has 0 heterocycles. The maximum absolute atomic E-state index is 13.5. The highest BCUT2D eigenvalue weighted by Gasteiger charge is 2.19. The van der Waals surface area contributed by atoms with Crippen LogP contribution in [0.15, 0.2) is 42.5 Å². The van der Waals surface area contributed by atoms with Crippen molar-refractivity contribution in [1.29, 1.82) is 0 Å². The van der Waals surface area contributed by atoms with Crippen LogP contribution in [0.2, 0.25) is 0 Å². The van der Waals surface area contributed by atoms with Gasteiger partial charge in [0.05, 0.1) is 5.56 Å². The molecule has 0 fully saturated rings. The highest BCUT2D eigenvalue weighted by Crippen LogP contribution is 2.13. The van der Waals surface area contributed by atoms with E-state index in [1.54, 1.807) is 19.1 Å². The van der Waals surface area contributed by atoms with Gasteiger partial charge in [-0.15, -0.1) is 0 Å². The van der Waals surface area contributed by atoms with Gasteiger partial charge in [-0.2, -0.15) is 0 Å². The van der Waals surface area contributed by atoms with Crippen LogP contribution < -0.4 is 5.32 Å². The van der Waals surface area contributed by atoms with Crippen LogP contribution in [0, 0.1) is 12.7 Å². The first-order chi connectivity index (χ1) is 11.4. The molecule has 0 aliphatic rings. The van der Waals surface area contributed by atoms with E-state index in [1.807, 2.05) is 19.1 Å². The number of hydrogen-bond donors (Lipinski definition) is 1. The second-order valence-corrected chi connectivity index (χ2v) is 5.55. The second kappa shape index (κ2) is 7.73. The second-order valence-electron chi connectivity index (χ2n) is 5.55. The molecule has 4 nitrogen and oxygen atoms in total. The van der Waals surface area contributed by atoms with Crippen LogP contribution in [0.25, 0.3) is 0 Å². The summed E-state index contributed by atoms with van der Waals surface area (Å²) < 4.78 is 18.6. The third-order valence-corrected chi connectivity index (χ3v) is 3.69. The lowest BCUT2D eigenvalue weighted by Crippen LogP contribution is -2.30. The summed E-state index contributed by atoms with van der Waals surface area (Å²) in [6.07, 6.45) is -0.0808. The first kappa shape index (κ1) is 17.7. The Morgan fingerprint density at radius 1 is 1.17 bits per heavy atom. The summed E-state index contributed by atoms with van der Waals surface area (Å²) in [6.45, 7) is 5.12. The molecule has 0 radical (unpaired) electrons. The molecule has 0 saturated heterocycles. The number of ether oxygens (including phenoxy) is 1. The number of carbonyl (C=O) groups excluding carboxylic acids is 2. The lowest BCUT2D eigenvalue weighted by molar-refractivity contribution is -0.123. The number of rotatable bonds is 5. The van der Waals surface area contributed by atoms with E-state index in [0.717, 1.165) is 18.1 Å². The van der Waals surface area contributed by atoms with Gasteiger partial charge in [0.2, 0.25) is 0 Å². The molecule has 0 aliphatic carbocycles. The number of aryl methyl sites for hydroxylation is 2. The van der Waals surface area contributed by atoms with Crippen LogP contribution in [0.1, 0.15) is 35.3 Å². The molecule has 0 unspecified atom stereocenters. The molecular weight excluding hydrogens is 309 g/mol. The number of halogens is 1. The molecule has 2 rings (SSSR count). The van der Waals surface area contributed by atoms with Crippen LogP contribution in [0.5, 0.6) is 0 Å². The highest BCUT2D eigenvalue weighted by atomic mass is 19.1. The molecule has 0 saturated carbocycles. The van der Waals surface area contributed by atoms with Crippen LogP contribution in [-0.4, -0.2) is 18.0 Å². The van der Waals surface area contributed by atoms with E-state index in [9.17, 15) is 14.0 Å². The summed E-state index contributed by atoms with van der Waals surface area (Å²) in [7, 11) is 0. The van der Waals surface area contributed by atoms with Crippen LogP contribution >= 0.6 is 0 Å². The predicted molar refractivity (Wildman–Crippen MR) is 90.5 cm³/mol. The van der Waals surface area contributed by atoms with E-state index in [2.05, 4.69) is 5.32 Å². The van der Waals surface area contributed by atoms with Crippen molar-refractivity contribution in [2.75, 3.05) is 5.32 Å². The van der Waals surface area contributed by atoms with Gasteiger partial charge >= 0.3 is 5.97 Å². The van der Waals surface area contributed by atoms with Crippen molar-refractivity contribution < 1.29 is 18.7 Å². The van der Waals surface area contributed by atoms with E-state index in [0.29, 0.717) is 11.3 Å². The lowest BCUT2D eigenvalue weighted by atomic mass is 10.1. The minimum Gasteiger partial charge on any atom is -0.449 e. The number of carbonyl (C=O) groups is 2. The standard InChI is InChI=1S/C19H20FNO3/c1-4-14-6-9-16(10-7-14)21-18(22)13(3)24-19(23)15-8-5-12(2)17(20)11-15/h5-11,13H,4H2,1-3H3,(H,21,22)/t13-/m0/s1. The zero-order chi connectivity index (χ0) is 17.7. The third kappa shape index (κ3) is 4.41. The quantitative estimate of drug-likeness (QED) is 0.847. The largest absolute Gasteiger partial charge is 0.449 e. The first-order valence-corrected chi connectivity index (χ1v) is 7.77. The number of hydrogen-bond acceptors (Lipinski definition) is 3. The Balaban J connectivity index is 1.97. The van der Waals surface area contributed by atoms with Gasteiger partial charge in [0.15, 0.2) is 6.10 Å². The normalized spacial score (nSPS) is 11.7. The number of anilines is 1. The molecule has 2 aromatic carbocycles. The monoisotopic (exact) mass is 329 g/mol. The van der Waals surface area contributed by atoms with Crippen molar-refractivity contribution >= 4 is 17.6 Å². The average molecular weight is 329 g/mol. The van der Waals surface area contributed by atoms with Gasteiger partial charge in [0.25, 0.3) is 5.91 Å². The number of amides is 1. The summed E-state index contributed by atoms with van der Waals surface area (Å²) in [4.78, 5) is 24.1. The minimum absolute atomic E-state index is 0.0741. The van der Waals surface area contributed by atoms with E-state index in [4.69, 9.17) is 4.74 Å². The molecule has 0 bridgehead atoms. The van der Waals surface area contributed by atoms with E-state index in [1.165, 1.54) is 19.1 Å². The molecule has 126 valence electrons. The molecule has 1 amide bonds. The van der Waals surface area contributed by atoms with Crippen LogP contribution in [0.4, 0.5) is 10.1 Å². The molecule has 5 heteroatoms. The molecule has 0 aliphatic heterocycles. The van der Waals surface area contributed by atoms with Gasteiger partial charge in [-0.1, -0.05) is 25.1 Å². The SMILES string of the molecule is CCc1ccc(NC(=O)[C@H](C)OC(=O)c2ccc(C)c(F)c2)cc1. The van der Waals surface area contributed by atoms with Gasteiger partial charge in [-0.3, -0.25) is 4.79 Å². The maximum atomic E-state index is 13.5. The number of esters is 1. The zero-order valence-corrected chi connectivity index (χ0v) is 13.9. The predicted octanol–water partition coefficient (Wildman–Crippen LogP) is 3.88. The molecule has 1 atom stereocenters. The minimum atomic E-state index is -0.993. The topological polar surface area (TPSA) is 55.4 Å². The van der Waals surface area contributed by atoms with E-state index >= 15 is 0 Å². The summed E-state index contributed by atoms with van der Waals surface area (Å²) in [5.41, 5.74) is 2.30. The van der Waals surface area contributed by atoms with Crippen molar-refractivity contribution in [2.24, 2.45) is 0 Å². The van der Waals surface area contributed by atoms with Gasteiger partial charge < -0.3 is 10.1 Å². The lowest BCUT2D eigenvalue weighted by Gasteiger charge is -2.14. The summed E-state index contributed by atoms with van der Waals surface area (Å²) in [5, 5.41) is 2.68. The van der Waals surface area contributed by atoms with Gasteiger partial charge in [0.1, 0.15) is 5.82 Å². The van der Waals surface area contributed by atoms with Crippen molar-refractivity contribution in [3.05, 3.63) is 65.0 Å². The summed E-state index contributed by atoms with van der Waals surface area (Å²) in [6, 6.07) is 11.5. The van der Waals surface area contributed by atoms with Gasteiger partial charge in [-0.25, -0.2) is 9.18 Å². The maximum Gasteiger partial charge on any atom is 0.339 e. The Morgan fingerprint density at radius 2 is 1.83 bits per heavy atom. The fraction of sp³-hybridized carbons (Fsp3) is 0.263. The van der Waals surface area contributed by atoms with Crippen molar-refractivity contribution in [3.8, 4) is 0 Å². The average Bonchev–Trinajstić information content (AvgIpc) is 2.57. The van der Waals surface area contributed by atoms with Gasteiger partial charge in [-0.05, 0) is 55.7 Å². The van der Waals surface area contributed by atoms with Crippen molar-refractivity contribution in [1.82, 2.24) is 0 Å². The highest BCUT2D eigenvalue weighted by molar-refractivity contribution is 5.97. The summed E-state index contributed by atoms with van der Waals surface area (Å²) in [5.74, 6) is -1.67. The number of benzene rings is 2. The molecule has 0 aromatic heterocycles. The molecule has 2 aromatic rings. The molecule has 1 N–H and O–H groups in total. The summed E-state index contributed by atoms with van der Waals surface area (Å²) >= 11 is 0. The van der Waals surface area contributed by atoms with Gasteiger partial charge in [0, 0.05) is 5.69 Å². The fourth-order valence-electron chi connectivity index (χ4n) is 2.07. The Morgan fingerprint density at radius 3 is 2.42 bits per heavy atom. The third-order valence-electron chi connectivity index (χ3n) is 3.69. The van der Waals surface area contributed by atoms with E-state index in [-0.39, 0.29) is 5.56 Å². The van der Waals surface area contributed by atoms with Crippen molar-refractivity contribution in [3.63, 3.8) is 0 Å². The smallest absolute Gasteiger partial charge is 0.339 e. The first-order valence-electron chi connectivity index (χ1n) is 7.77. The molecule has 24 heavy (non-hydrogen) atoms. The number of nitrogens with one attached hydrogen (secondary N) is 1. The van der Waals surface area contributed by atoms with Crippen LogP contribution in [0.3, 0.4) is 0 Å². The molecular formula is C19H20FNO3. The Bertz CT molecular complexity index is 741. The van der Waals surface area contributed by atoms with Crippen LogP contribution in [-0.2, 0) is 16.0 Å². The Kier molecular flexibility index (Phi) is 5.68. The van der Waals surface area contributed by atoms with E-state index < -0.39 is 23.8 Å². The Labute approximate surface area is 140 Å².